The molecular weight excluding hydrogens is 431 g/mol. The largest absolute Gasteiger partial charge is 1.00 e. The van der Waals surface area contributed by atoms with E-state index in [1.807, 2.05) is 43.3 Å². The van der Waals surface area contributed by atoms with Gasteiger partial charge in [0.05, 0.1) is 11.4 Å². The molecule has 9 heteroatoms. The fraction of sp³-hybridized carbons (Fsp3) is 0.143. The molecule has 3 aromatic carbocycles. The number of hydrogen-bond donors (Lipinski definition) is 0. The van der Waals surface area contributed by atoms with Crippen molar-refractivity contribution in [3.63, 3.8) is 0 Å². The van der Waals surface area contributed by atoms with E-state index < -0.39 is 26.8 Å². The molecule has 0 aliphatic carbocycles. The Hall–Kier alpha value is -1.59. The first-order valence-corrected chi connectivity index (χ1v) is 10.2. The van der Waals surface area contributed by atoms with E-state index in [0.29, 0.717) is 16.3 Å². The molecular formula is C21H17KN2O5S. The van der Waals surface area contributed by atoms with Gasteiger partial charge in [-0.05, 0) is 41.3 Å². The zero-order valence-electron chi connectivity index (χ0n) is 16.7. The summed E-state index contributed by atoms with van der Waals surface area (Å²) < 4.78 is 34.6. The minimum absolute atomic E-state index is 0. The summed E-state index contributed by atoms with van der Waals surface area (Å²) in [6.45, 7) is 0.0373. The van der Waals surface area contributed by atoms with Gasteiger partial charge in [-0.25, -0.2) is 8.42 Å². The van der Waals surface area contributed by atoms with Gasteiger partial charge in [0, 0.05) is 36.3 Å². The van der Waals surface area contributed by atoms with Gasteiger partial charge in [0.1, 0.15) is 10.1 Å². The number of carbonyl (C=O) groups excluding carboxylic acids is 2. The fourth-order valence-electron chi connectivity index (χ4n) is 3.50. The number of carbonyl (C=O) groups is 2. The summed E-state index contributed by atoms with van der Waals surface area (Å²) >= 11 is 0. The third-order valence-electron chi connectivity index (χ3n) is 4.98. The van der Waals surface area contributed by atoms with Crippen LogP contribution in [0.25, 0.3) is 10.8 Å². The van der Waals surface area contributed by atoms with Gasteiger partial charge in [-0.2, -0.15) is 0 Å². The van der Waals surface area contributed by atoms with Gasteiger partial charge in [-0.3, -0.25) is 14.5 Å². The maximum atomic E-state index is 13.1. The smallest absolute Gasteiger partial charge is 0.744 e. The van der Waals surface area contributed by atoms with E-state index in [4.69, 9.17) is 0 Å². The Morgan fingerprint density at radius 1 is 0.933 bits per heavy atom. The van der Waals surface area contributed by atoms with E-state index in [1.165, 1.54) is 6.07 Å². The van der Waals surface area contributed by atoms with Crippen LogP contribution >= 0.6 is 0 Å². The molecule has 2 amide bonds. The quantitative estimate of drug-likeness (QED) is 0.306. The van der Waals surface area contributed by atoms with Gasteiger partial charge in [-0.15, -0.1) is 0 Å². The van der Waals surface area contributed by atoms with Gasteiger partial charge in [0.15, 0.2) is 0 Å². The van der Waals surface area contributed by atoms with Crippen molar-refractivity contribution in [1.82, 2.24) is 4.90 Å². The molecule has 0 atom stereocenters. The summed E-state index contributed by atoms with van der Waals surface area (Å²) in [5, 5.41) is 0.736. The van der Waals surface area contributed by atoms with Crippen molar-refractivity contribution in [3.8, 4) is 0 Å². The Morgan fingerprint density at radius 3 is 2.17 bits per heavy atom. The predicted octanol–water partition coefficient (Wildman–Crippen LogP) is -0.390. The van der Waals surface area contributed by atoms with Gasteiger partial charge < -0.3 is 9.45 Å². The van der Waals surface area contributed by atoms with Gasteiger partial charge in [0.2, 0.25) is 0 Å². The average molecular weight is 449 g/mol. The van der Waals surface area contributed by atoms with Crippen LogP contribution in [-0.4, -0.2) is 43.8 Å². The summed E-state index contributed by atoms with van der Waals surface area (Å²) in [6, 6.07) is 14.4. The topological polar surface area (TPSA) is 97.8 Å². The number of rotatable bonds is 4. The van der Waals surface area contributed by atoms with Crippen molar-refractivity contribution in [3.05, 3.63) is 71.3 Å². The minimum atomic E-state index is -4.75. The van der Waals surface area contributed by atoms with E-state index in [1.54, 1.807) is 18.2 Å². The van der Waals surface area contributed by atoms with Crippen molar-refractivity contribution < 1.29 is 73.9 Å². The predicted molar refractivity (Wildman–Crippen MR) is 107 cm³/mol. The molecule has 1 heterocycles. The van der Waals surface area contributed by atoms with Gasteiger partial charge >= 0.3 is 51.4 Å². The number of imide groups is 1. The molecule has 148 valence electrons. The molecule has 4 rings (SSSR count). The summed E-state index contributed by atoms with van der Waals surface area (Å²) in [5.74, 6) is -1.08. The van der Waals surface area contributed by atoms with Crippen LogP contribution in [0.4, 0.5) is 5.69 Å². The molecule has 3 aromatic rings. The maximum absolute atomic E-state index is 13.1. The summed E-state index contributed by atoms with van der Waals surface area (Å²) in [5.41, 5.74) is 2.07. The van der Waals surface area contributed by atoms with E-state index >= 15 is 0 Å². The third kappa shape index (κ3) is 4.11. The Morgan fingerprint density at radius 2 is 1.57 bits per heavy atom. The van der Waals surface area contributed by atoms with Gasteiger partial charge in [-0.1, -0.05) is 24.3 Å². The third-order valence-corrected chi connectivity index (χ3v) is 5.80. The molecule has 0 spiro atoms. The average Bonchev–Trinajstić information content (AvgIpc) is 2.68. The zero-order chi connectivity index (χ0) is 20.9. The van der Waals surface area contributed by atoms with Crippen LogP contribution in [-0.2, 0) is 16.7 Å². The zero-order valence-corrected chi connectivity index (χ0v) is 20.7. The maximum Gasteiger partial charge on any atom is 1.00 e. The number of anilines is 1. The fourth-order valence-corrected chi connectivity index (χ4v) is 4.03. The Balaban J connectivity index is 0.00000256. The van der Waals surface area contributed by atoms with Crippen molar-refractivity contribution in [2.75, 3.05) is 19.0 Å². The van der Waals surface area contributed by atoms with Crippen molar-refractivity contribution in [1.29, 1.82) is 0 Å². The Kier molecular flexibility index (Phi) is 6.54. The first-order valence-electron chi connectivity index (χ1n) is 8.82. The molecule has 0 unspecified atom stereocenters. The molecule has 0 radical (unpaired) electrons. The summed E-state index contributed by atoms with van der Waals surface area (Å²) in [6.07, 6.45) is 0. The molecule has 0 saturated carbocycles. The van der Waals surface area contributed by atoms with Crippen molar-refractivity contribution >= 4 is 38.4 Å². The van der Waals surface area contributed by atoms with E-state index in [-0.39, 0.29) is 63.5 Å². The molecule has 0 N–H and O–H groups in total. The second kappa shape index (κ2) is 8.50. The van der Waals surface area contributed by atoms with Crippen molar-refractivity contribution in [2.24, 2.45) is 0 Å². The Labute approximate surface area is 216 Å². The standard InChI is InChI=1S/C21H18N2O5S.K/c1-22(2)15-8-6-13(7-9-15)12-23-20(24)17-5-3-4-14-10-16(29(26,27)28)11-18(19(14)17)21(23)25;/h3-11H,12H2,1-2H3,(H,26,27,28);/q;+1/p-1. The molecule has 30 heavy (non-hydrogen) atoms. The number of nitrogens with zero attached hydrogens (tertiary/aromatic N) is 2. The number of benzene rings is 3. The molecule has 1 aliphatic rings. The molecule has 0 aromatic heterocycles. The molecule has 7 nitrogen and oxygen atoms in total. The second-order valence-corrected chi connectivity index (χ2v) is 8.47. The molecule has 0 saturated heterocycles. The second-order valence-electron chi connectivity index (χ2n) is 7.09. The van der Waals surface area contributed by atoms with Crippen LogP contribution in [0.2, 0.25) is 0 Å². The number of amides is 2. The van der Waals surface area contributed by atoms with Gasteiger partial charge in [0.25, 0.3) is 11.8 Å². The first kappa shape index (κ1) is 23.1. The van der Waals surface area contributed by atoms with E-state index in [9.17, 15) is 22.6 Å². The summed E-state index contributed by atoms with van der Waals surface area (Å²) in [4.78, 5) is 28.6. The SMILES string of the molecule is CN(C)c1ccc(CN2C(=O)c3cccc4cc(S(=O)(=O)[O-])cc(c34)C2=O)cc1.[K+]. The van der Waals surface area contributed by atoms with Crippen LogP contribution in [0, 0.1) is 0 Å². The Bertz CT molecular complexity index is 1270. The first-order chi connectivity index (χ1) is 13.7. The van der Waals surface area contributed by atoms with E-state index in [0.717, 1.165) is 22.2 Å². The van der Waals surface area contributed by atoms with Crippen LogP contribution in [0.5, 0.6) is 0 Å². The normalized spacial score (nSPS) is 13.4. The minimum Gasteiger partial charge on any atom is -0.744 e. The number of hydrogen-bond acceptors (Lipinski definition) is 6. The van der Waals surface area contributed by atoms with Crippen LogP contribution in [0.1, 0.15) is 26.3 Å². The van der Waals surface area contributed by atoms with Crippen LogP contribution in [0.15, 0.2) is 59.5 Å². The molecule has 0 fully saturated rings. The summed E-state index contributed by atoms with van der Waals surface area (Å²) in [7, 11) is -0.935. The monoisotopic (exact) mass is 448 g/mol. The van der Waals surface area contributed by atoms with E-state index in [2.05, 4.69) is 0 Å². The van der Waals surface area contributed by atoms with Crippen molar-refractivity contribution in [2.45, 2.75) is 11.4 Å². The van der Waals surface area contributed by atoms with Crippen LogP contribution < -0.4 is 56.3 Å². The van der Waals surface area contributed by atoms with Crippen LogP contribution in [0.3, 0.4) is 0 Å². The molecule has 0 bridgehead atoms. The molecule has 1 aliphatic heterocycles.